The molecule has 0 saturated carbocycles. The van der Waals surface area contributed by atoms with Crippen LogP contribution in [0, 0.1) is 5.92 Å². The van der Waals surface area contributed by atoms with E-state index in [1.807, 2.05) is 21.0 Å². The largest absolute Gasteiger partial charge is 0.396 e. The third-order valence-electron chi connectivity index (χ3n) is 1.65. The molecule has 3 N–H and O–H groups in total. The minimum Gasteiger partial charge on any atom is -0.396 e. The van der Waals surface area contributed by atoms with Crippen LogP contribution in [0.2, 0.25) is 0 Å². The molecule has 0 aliphatic rings. The minimum absolute atomic E-state index is 0.264. The van der Waals surface area contributed by atoms with Gasteiger partial charge in [0, 0.05) is 6.61 Å². The fourth-order valence-electron chi connectivity index (χ4n) is 0.857. The SMILES string of the molecule is CNC(CC(C)CO)NC. The average molecular weight is 146 g/mol. The first-order chi connectivity index (χ1) is 4.74. The Labute approximate surface area is 62.8 Å². The lowest BCUT2D eigenvalue weighted by Crippen LogP contribution is -2.39. The van der Waals surface area contributed by atoms with Gasteiger partial charge in [0.05, 0.1) is 6.17 Å². The molecule has 62 valence electrons. The molecule has 0 radical (unpaired) electrons. The molecule has 0 aromatic carbocycles. The van der Waals surface area contributed by atoms with E-state index in [1.165, 1.54) is 0 Å². The van der Waals surface area contributed by atoms with Crippen LogP contribution >= 0.6 is 0 Å². The third kappa shape index (κ3) is 3.82. The topological polar surface area (TPSA) is 44.3 Å². The van der Waals surface area contributed by atoms with Crippen LogP contribution in [-0.4, -0.2) is 32.0 Å². The molecule has 0 rings (SSSR count). The van der Waals surface area contributed by atoms with Crippen LogP contribution in [0.15, 0.2) is 0 Å². The molecule has 0 fully saturated rings. The van der Waals surface area contributed by atoms with Gasteiger partial charge in [0.15, 0.2) is 0 Å². The number of hydrogen-bond donors (Lipinski definition) is 3. The first-order valence-corrected chi connectivity index (χ1v) is 3.70. The quantitative estimate of drug-likeness (QED) is 0.469. The highest BCUT2D eigenvalue weighted by molar-refractivity contribution is 4.62. The zero-order valence-electron chi connectivity index (χ0n) is 7.02. The van der Waals surface area contributed by atoms with Crippen molar-refractivity contribution in [3.8, 4) is 0 Å². The van der Waals surface area contributed by atoms with Crippen molar-refractivity contribution in [3.63, 3.8) is 0 Å². The lowest BCUT2D eigenvalue weighted by molar-refractivity contribution is 0.214. The molecule has 3 heteroatoms. The van der Waals surface area contributed by atoms with Crippen molar-refractivity contribution in [1.29, 1.82) is 0 Å². The predicted molar refractivity (Wildman–Crippen MR) is 42.8 cm³/mol. The van der Waals surface area contributed by atoms with Gasteiger partial charge in [-0.1, -0.05) is 6.92 Å². The van der Waals surface area contributed by atoms with Crippen molar-refractivity contribution in [1.82, 2.24) is 10.6 Å². The van der Waals surface area contributed by atoms with Gasteiger partial charge in [-0.3, -0.25) is 0 Å². The molecule has 0 aromatic rings. The molecular weight excluding hydrogens is 128 g/mol. The molecule has 10 heavy (non-hydrogen) atoms. The monoisotopic (exact) mass is 146 g/mol. The number of aliphatic hydroxyl groups excluding tert-OH is 1. The molecule has 0 bridgehead atoms. The van der Waals surface area contributed by atoms with Crippen LogP contribution in [0.3, 0.4) is 0 Å². The van der Waals surface area contributed by atoms with Crippen LogP contribution in [0.25, 0.3) is 0 Å². The van der Waals surface area contributed by atoms with Gasteiger partial charge < -0.3 is 15.7 Å². The van der Waals surface area contributed by atoms with E-state index in [1.54, 1.807) is 0 Å². The molecule has 0 spiro atoms. The lowest BCUT2D eigenvalue weighted by Gasteiger charge is -2.17. The maximum absolute atomic E-state index is 8.72. The van der Waals surface area contributed by atoms with Crippen LogP contribution in [0.5, 0.6) is 0 Å². The molecule has 0 saturated heterocycles. The maximum Gasteiger partial charge on any atom is 0.0570 e. The summed E-state index contributed by atoms with van der Waals surface area (Å²) in [6.07, 6.45) is 1.28. The van der Waals surface area contributed by atoms with E-state index in [4.69, 9.17) is 5.11 Å². The summed E-state index contributed by atoms with van der Waals surface area (Å²) in [5.74, 6) is 0.366. The maximum atomic E-state index is 8.72. The second kappa shape index (κ2) is 5.65. The van der Waals surface area contributed by atoms with Gasteiger partial charge in [-0.05, 0) is 26.4 Å². The predicted octanol–water partition coefficient (Wildman–Crippen LogP) is -0.230. The van der Waals surface area contributed by atoms with E-state index >= 15 is 0 Å². The van der Waals surface area contributed by atoms with Gasteiger partial charge >= 0.3 is 0 Å². The van der Waals surface area contributed by atoms with E-state index in [0.29, 0.717) is 12.1 Å². The highest BCUT2D eigenvalue weighted by atomic mass is 16.3. The van der Waals surface area contributed by atoms with E-state index in [9.17, 15) is 0 Å². The second-order valence-electron chi connectivity index (χ2n) is 2.65. The molecule has 0 aromatic heterocycles. The second-order valence-corrected chi connectivity index (χ2v) is 2.65. The van der Waals surface area contributed by atoms with Crippen LogP contribution in [-0.2, 0) is 0 Å². The van der Waals surface area contributed by atoms with Crippen molar-refractivity contribution < 1.29 is 5.11 Å². The van der Waals surface area contributed by atoms with Crippen molar-refractivity contribution in [3.05, 3.63) is 0 Å². The molecule has 1 atom stereocenters. The summed E-state index contributed by atoms with van der Waals surface area (Å²) in [6, 6.07) is 0. The van der Waals surface area contributed by atoms with E-state index in [2.05, 4.69) is 10.6 Å². The summed E-state index contributed by atoms with van der Waals surface area (Å²) >= 11 is 0. The Balaban J connectivity index is 3.41. The Morgan fingerprint density at radius 1 is 1.30 bits per heavy atom. The van der Waals surface area contributed by atoms with Gasteiger partial charge in [-0.15, -0.1) is 0 Å². The van der Waals surface area contributed by atoms with Crippen LogP contribution < -0.4 is 10.6 Å². The number of aliphatic hydroxyl groups is 1. The average Bonchev–Trinajstić information content (AvgIpc) is 1.99. The van der Waals surface area contributed by atoms with Gasteiger partial charge in [0.25, 0.3) is 0 Å². The summed E-state index contributed by atoms with van der Waals surface area (Å²) in [5, 5.41) is 14.9. The van der Waals surface area contributed by atoms with Crippen LogP contribution in [0.4, 0.5) is 0 Å². The van der Waals surface area contributed by atoms with Gasteiger partial charge in [-0.25, -0.2) is 0 Å². The molecule has 1 unspecified atom stereocenters. The van der Waals surface area contributed by atoms with E-state index in [-0.39, 0.29) is 6.61 Å². The van der Waals surface area contributed by atoms with Gasteiger partial charge in [0.1, 0.15) is 0 Å². The normalized spacial score (nSPS) is 14.1. The molecule has 3 nitrogen and oxygen atoms in total. The summed E-state index contributed by atoms with van der Waals surface area (Å²) in [4.78, 5) is 0. The Morgan fingerprint density at radius 2 is 1.80 bits per heavy atom. The van der Waals surface area contributed by atoms with E-state index < -0.39 is 0 Å². The Hall–Kier alpha value is -0.120. The first-order valence-electron chi connectivity index (χ1n) is 3.70. The molecule has 0 amide bonds. The minimum atomic E-state index is 0.264. The third-order valence-corrected chi connectivity index (χ3v) is 1.65. The number of rotatable bonds is 5. The lowest BCUT2D eigenvalue weighted by atomic mass is 10.1. The Morgan fingerprint density at radius 3 is 2.10 bits per heavy atom. The zero-order valence-corrected chi connectivity index (χ0v) is 7.02. The van der Waals surface area contributed by atoms with Crippen molar-refractivity contribution in [2.45, 2.75) is 19.5 Å². The van der Waals surface area contributed by atoms with E-state index in [0.717, 1.165) is 6.42 Å². The fourth-order valence-corrected chi connectivity index (χ4v) is 0.857. The molecule has 0 aliphatic heterocycles. The molecule has 0 aliphatic carbocycles. The van der Waals surface area contributed by atoms with Crippen LogP contribution in [0.1, 0.15) is 13.3 Å². The van der Waals surface area contributed by atoms with Crippen molar-refractivity contribution >= 4 is 0 Å². The molecular formula is C7H18N2O. The Kier molecular flexibility index (Phi) is 5.58. The van der Waals surface area contributed by atoms with Gasteiger partial charge in [0.2, 0.25) is 0 Å². The smallest absolute Gasteiger partial charge is 0.0570 e. The fraction of sp³-hybridized carbons (Fsp3) is 1.00. The summed E-state index contributed by atoms with van der Waals surface area (Å²) in [7, 11) is 3.82. The zero-order chi connectivity index (χ0) is 7.98. The highest BCUT2D eigenvalue weighted by Gasteiger charge is 2.06. The summed E-state index contributed by atoms with van der Waals surface area (Å²) < 4.78 is 0. The molecule has 0 heterocycles. The highest BCUT2D eigenvalue weighted by Crippen LogP contribution is 2.01. The van der Waals surface area contributed by atoms with Crippen molar-refractivity contribution in [2.24, 2.45) is 5.92 Å². The standard InChI is InChI=1S/C7H18N2O/c1-6(5-10)4-7(8-2)9-3/h6-10H,4-5H2,1-3H3. The van der Waals surface area contributed by atoms with Gasteiger partial charge in [-0.2, -0.15) is 0 Å². The summed E-state index contributed by atoms with van der Waals surface area (Å²) in [5.41, 5.74) is 0. The summed E-state index contributed by atoms with van der Waals surface area (Å²) in [6.45, 7) is 2.29. The number of hydrogen-bond acceptors (Lipinski definition) is 3. The van der Waals surface area contributed by atoms with Crippen molar-refractivity contribution in [2.75, 3.05) is 20.7 Å². The Bertz CT molecular complexity index is 74.0. The number of nitrogens with one attached hydrogen (secondary N) is 2. The first kappa shape index (κ1) is 9.88.